The lowest BCUT2D eigenvalue weighted by Gasteiger charge is -2.25. The van der Waals surface area contributed by atoms with Crippen LogP contribution in [0.4, 0.5) is 5.82 Å². The number of nitrogens with one attached hydrogen (secondary N) is 1. The Morgan fingerprint density at radius 2 is 2.06 bits per heavy atom. The Labute approximate surface area is 120 Å². The van der Waals surface area contributed by atoms with E-state index in [0.29, 0.717) is 5.41 Å². The Morgan fingerprint density at radius 1 is 1.33 bits per heavy atom. The molecule has 3 heteroatoms. The largest absolute Gasteiger partial charge is 0.369 e. The van der Waals surface area contributed by atoms with Crippen LogP contribution in [0.1, 0.15) is 52.0 Å². The first-order chi connectivity index (χ1) is 8.44. The van der Waals surface area contributed by atoms with Gasteiger partial charge in [0.05, 0.1) is 4.47 Å². The third kappa shape index (κ3) is 5.38. The number of rotatable bonds is 7. The summed E-state index contributed by atoms with van der Waals surface area (Å²) in [6, 6.07) is 2.10. The van der Waals surface area contributed by atoms with Gasteiger partial charge in [0.25, 0.3) is 0 Å². The molecule has 0 unspecified atom stereocenters. The molecular weight excluding hydrogens is 288 g/mol. The Bertz CT molecular complexity index is 375. The van der Waals surface area contributed by atoms with E-state index in [0.717, 1.165) is 16.8 Å². The van der Waals surface area contributed by atoms with Crippen LogP contribution in [0.3, 0.4) is 0 Å². The molecule has 0 amide bonds. The molecule has 0 aliphatic carbocycles. The molecule has 0 saturated carbocycles. The van der Waals surface area contributed by atoms with E-state index in [1.807, 2.05) is 6.20 Å². The molecule has 1 rings (SSSR count). The first-order valence-corrected chi connectivity index (χ1v) is 7.60. The highest BCUT2D eigenvalue weighted by Crippen LogP contribution is 2.26. The van der Waals surface area contributed by atoms with E-state index in [-0.39, 0.29) is 0 Å². The van der Waals surface area contributed by atoms with Crippen LogP contribution in [-0.2, 0) is 0 Å². The van der Waals surface area contributed by atoms with Gasteiger partial charge in [-0.1, -0.05) is 40.0 Å². The number of unbranched alkanes of at least 4 members (excludes halogenated alkanes) is 2. The lowest BCUT2D eigenvalue weighted by molar-refractivity contribution is 0.342. The fourth-order valence-electron chi connectivity index (χ4n) is 1.93. The molecule has 1 heterocycles. The highest BCUT2D eigenvalue weighted by atomic mass is 79.9. The van der Waals surface area contributed by atoms with Gasteiger partial charge in [-0.2, -0.15) is 0 Å². The lowest BCUT2D eigenvalue weighted by Crippen LogP contribution is -2.23. The minimum Gasteiger partial charge on any atom is -0.369 e. The van der Waals surface area contributed by atoms with Crippen LogP contribution in [0.25, 0.3) is 0 Å². The van der Waals surface area contributed by atoms with E-state index in [1.54, 1.807) is 0 Å². The van der Waals surface area contributed by atoms with Crippen LogP contribution < -0.4 is 5.32 Å². The summed E-state index contributed by atoms with van der Waals surface area (Å²) >= 11 is 3.55. The van der Waals surface area contributed by atoms with Gasteiger partial charge in [-0.15, -0.1) is 0 Å². The zero-order chi connectivity index (χ0) is 13.6. The van der Waals surface area contributed by atoms with E-state index >= 15 is 0 Å². The lowest BCUT2D eigenvalue weighted by atomic mass is 9.87. The van der Waals surface area contributed by atoms with Gasteiger partial charge in [-0.3, -0.25) is 0 Å². The van der Waals surface area contributed by atoms with Gasteiger partial charge >= 0.3 is 0 Å². The molecule has 18 heavy (non-hydrogen) atoms. The van der Waals surface area contributed by atoms with Crippen molar-refractivity contribution in [3.05, 3.63) is 22.3 Å². The average Bonchev–Trinajstić information content (AvgIpc) is 2.28. The Balaban J connectivity index is 2.48. The number of hydrogen-bond donors (Lipinski definition) is 1. The van der Waals surface area contributed by atoms with Crippen LogP contribution in [0.2, 0.25) is 0 Å². The maximum Gasteiger partial charge on any atom is 0.140 e. The van der Waals surface area contributed by atoms with Gasteiger partial charge in [0.2, 0.25) is 0 Å². The highest BCUT2D eigenvalue weighted by molar-refractivity contribution is 9.10. The normalized spacial score (nSPS) is 11.6. The van der Waals surface area contributed by atoms with Gasteiger partial charge in [0.15, 0.2) is 0 Å². The minimum absolute atomic E-state index is 0.321. The number of anilines is 1. The van der Waals surface area contributed by atoms with Crippen molar-refractivity contribution >= 4 is 21.7 Å². The van der Waals surface area contributed by atoms with Crippen molar-refractivity contribution in [2.45, 2.75) is 53.4 Å². The van der Waals surface area contributed by atoms with Gasteiger partial charge in [-0.25, -0.2) is 4.98 Å². The number of halogens is 1. The van der Waals surface area contributed by atoms with Crippen LogP contribution in [0.5, 0.6) is 0 Å². The summed E-state index contributed by atoms with van der Waals surface area (Å²) in [6.45, 7) is 9.90. The van der Waals surface area contributed by atoms with Crippen molar-refractivity contribution in [1.29, 1.82) is 0 Å². The zero-order valence-electron chi connectivity index (χ0n) is 12.0. The molecule has 102 valence electrons. The molecule has 0 saturated heterocycles. The predicted octanol–water partition coefficient (Wildman–Crippen LogP) is 5.17. The summed E-state index contributed by atoms with van der Waals surface area (Å²) in [5, 5.41) is 3.45. The number of aryl methyl sites for hydroxylation is 1. The summed E-state index contributed by atoms with van der Waals surface area (Å²) in [4.78, 5) is 4.42. The van der Waals surface area contributed by atoms with E-state index in [4.69, 9.17) is 0 Å². The SMILES string of the molecule is CCCCCC(C)(C)CNc1ncc(C)cc1Br. The number of nitrogens with zero attached hydrogens (tertiary/aromatic N) is 1. The minimum atomic E-state index is 0.321. The van der Waals surface area contributed by atoms with Crippen molar-refractivity contribution in [3.8, 4) is 0 Å². The van der Waals surface area contributed by atoms with E-state index in [2.05, 4.69) is 60.0 Å². The van der Waals surface area contributed by atoms with E-state index in [9.17, 15) is 0 Å². The summed E-state index contributed by atoms with van der Waals surface area (Å²) in [7, 11) is 0. The molecule has 0 spiro atoms. The van der Waals surface area contributed by atoms with Gasteiger partial charge in [-0.05, 0) is 46.3 Å². The number of pyridine rings is 1. The Kier molecular flexibility index (Phi) is 6.13. The van der Waals surface area contributed by atoms with Crippen LogP contribution in [-0.4, -0.2) is 11.5 Å². The molecule has 0 fully saturated rings. The molecule has 0 atom stereocenters. The van der Waals surface area contributed by atoms with E-state index < -0.39 is 0 Å². The summed E-state index contributed by atoms with van der Waals surface area (Å²) < 4.78 is 1.05. The third-order valence-corrected chi connectivity index (χ3v) is 3.77. The summed E-state index contributed by atoms with van der Waals surface area (Å²) in [5.41, 5.74) is 1.50. The van der Waals surface area contributed by atoms with Gasteiger partial charge < -0.3 is 5.32 Å². The zero-order valence-corrected chi connectivity index (χ0v) is 13.6. The summed E-state index contributed by atoms with van der Waals surface area (Å²) in [6.07, 6.45) is 7.09. The molecular formula is C15H25BrN2. The van der Waals surface area contributed by atoms with Crippen LogP contribution in [0.15, 0.2) is 16.7 Å². The second-order valence-electron chi connectivity index (χ2n) is 5.82. The molecule has 1 N–H and O–H groups in total. The fraction of sp³-hybridized carbons (Fsp3) is 0.667. The maximum atomic E-state index is 4.42. The number of hydrogen-bond acceptors (Lipinski definition) is 2. The van der Waals surface area contributed by atoms with Crippen molar-refractivity contribution < 1.29 is 0 Å². The molecule has 0 aromatic carbocycles. The second kappa shape index (κ2) is 7.13. The smallest absolute Gasteiger partial charge is 0.140 e. The summed E-state index contributed by atoms with van der Waals surface area (Å²) in [5.74, 6) is 0.948. The van der Waals surface area contributed by atoms with Crippen LogP contribution >= 0.6 is 15.9 Å². The average molecular weight is 313 g/mol. The van der Waals surface area contributed by atoms with Crippen molar-refractivity contribution in [2.24, 2.45) is 5.41 Å². The van der Waals surface area contributed by atoms with Crippen molar-refractivity contribution in [1.82, 2.24) is 4.98 Å². The Hall–Kier alpha value is -0.570. The molecule has 0 aliphatic heterocycles. The van der Waals surface area contributed by atoms with Crippen molar-refractivity contribution in [3.63, 3.8) is 0 Å². The molecule has 0 radical (unpaired) electrons. The molecule has 2 nitrogen and oxygen atoms in total. The topological polar surface area (TPSA) is 24.9 Å². The molecule has 0 aliphatic rings. The monoisotopic (exact) mass is 312 g/mol. The molecule has 1 aromatic heterocycles. The third-order valence-electron chi connectivity index (χ3n) is 3.17. The molecule has 1 aromatic rings. The Morgan fingerprint density at radius 3 is 2.67 bits per heavy atom. The highest BCUT2D eigenvalue weighted by Gasteiger charge is 2.17. The quantitative estimate of drug-likeness (QED) is 0.702. The van der Waals surface area contributed by atoms with Crippen LogP contribution in [0, 0.1) is 12.3 Å². The standard InChI is InChI=1S/C15H25BrN2/c1-5-6-7-8-15(3,4)11-18-14-13(16)9-12(2)10-17-14/h9-10H,5-8,11H2,1-4H3,(H,17,18). The van der Waals surface area contributed by atoms with Gasteiger partial charge in [0, 0.05) is 12.7 Å². The fourth-order valence-corrected chi connectivity index (χ4v) is 2.53. The van der Waals surface area contributed by atoms with Gasteiger partial charge in [0.1, 0.15) is 5.82 Å². The second-order valence-corrected chi connectivity index (χ2v) is 6.67. The first kappa shape index (κ1) is 15.5. The molecule has 0 bridgehead atoms. The van der Waals surface area contributed by atoms with Crippen molar-refractivity contribution in [2.75, 3.05) is 11.9 Å². The number of aromatic nitrogens is 1. The van der Waals surface area contributed by atoms with E-state index in [1.165, 1.54) is 31.2 Å². The first-order valence-electron chi connectivity index (χ1n) is 6.80. The predicted molar refractivity (Wildman–Crippen MR) is 83.1 cm³/mol. The maximum absolute atomic E-state index is 4.42.